The second-order valence-corrected chi connectivity index (χ2v) is 5.57. The smallest absolute Gasteiger partial charge is 0.358 e. The number of aryl methyl sites for hydroxylation is 1. The summed E-state index contributed by atoms with van der Waals surface area (Å²) in [6, 6.07) is 6.36. The Balaban J connectivity index is 2.12. The summed E-state index contributed by atoms with van der Waals surface area (Å²) in [6.45, 7) is 0. The fraction of sp³-hybridized carbons (Fsp3) is 0.125. The summed E-state index contributed by atoms with van der Waals surface area (Å²) in [7, 11) is 2.93. The molecule has 2 aromatic heterocycles. The minimum Gasteiger partial charge on any atom is -0.494 e. The van der Waals surface area contributed by atoms with Gasteiger partial charge >= 0.3 is 5.97 Å². The number of aromatic nitrogens is 3. The highest BCUT2D eigenvalue weighted by Gasteiger charge is 2.19. The molecule has 0 unspecified atom stereocenters. The van der Waals surface area contributed by atoms with Crippen molar-refractivity contribution in [1.82, 2.24) is 14.9 Å². The molecule has 0 aliphatic carbocycles. The van der Waals surface area contributed by atoms with Crippen LogP contribution in [0, 0.1) is 0 Å². The maximum atomic E-state index is 12.2. The number of aromatic carboxylic acids is 1. The van der Waals surface area contributed by atoms with E-state index in [1.54, 1.807) is 18.2 Å². The fourth-order valence-corrected chi connectivity index (χ4v) is 2.56. The SMILES string of the molecule is COc1c(Nc2cc(Cl)nnc2C(=O)O)cccc1-c1con(C)c1=O. The molecule has 9 nitrogen and oxygen atoms in total. The third kappa shape index (κ3) is 3.11. The molecule has 26 heavy (non-hydrogen) atoms. The lowest BCUT2D eigenvalue weighted by atomic mass is 10.1. The zero-order valence-electron chi connectivity index (χ0n) is 13.7. The number of ether oxygens (including phenoxy) is 1. The van der Waals surface area contributed by atoms with Crippen LogP contribution in [0.4, 0.5) is 11.4 Å². The highest BCUT2D eigenvalue weighted by Crippen LogP contribution is 2.37. The molecule has 0 atom stereocenters. The van der Waals surface area contributed by atoms with Crippen LogP contribution in [-0.2, 0) is 7.05 Å². The van der Waals surface area contributed by atoms with Gasteiger partial charge in [-0.25, -0.2) is 4.79 Å². The number of methoxy groups -OCH3 is 1. The Morgan fingerprint density at radius 2 is 2.08 bits per heavy atom. The molecular weight excluding hydrogens is 364 g/mol. The summed E-state index contributed by atoms with van der Waals surface area (Å²) in [6.07, 6.45) is 1.32. The van der Waals surface area contributed by atoms with Crippen LogP contribution in [0.2, 0.25) is 5.15 Å². The fourth-order valence-electron chi connectivity index (χ4n) is 2.41. The van der Waals surface area contributed by atoms with Gasteiger partial charge in [-0.05, 0) is 6.07 Å². The van der Waals surface area contributed by atoms with Gasteiger partial charge in [-0.2, -0.15) is 4.74 Å². The van der Waals surface area contributed by atoms with E-state index < -0.39 is 5.97 Å². The van der Waals surface area contributed by atoms with Crippen molar-refractivity contribution in [3.63, 3.8) is 0 Å². The first-order valence-corrected chi connectivity index (χ1v) is 7.66. The van der Waals surface area contributed by atoms with E-state index in [1.807, 2.05) is 0 Å². The summed E-state index contributed by atoms with van der Waals surface area (Å²) in [5.41, 5.74) is 0.698. The van der Waals surface area contributed by atoms with Crippen LogP contribution in [-0.4, -0.2) is 33.1 Å². The quantitative estimate of drug-likeness (QED) is 0.697. The normalized spacial score (nSPS) is 10.6. The molecule has 0 fully saturated rings. The average molecular weight is 377 g/mol. The van der Waals surface area contributed by atoms with Gasteiger partial charge < -0.3 is 19.7 Å². The van der Waals surface area contributed by atoms with Gasteiger partial charge in [0.25, 0.3) is 5.56 Å². The molecule has 0 bridgehead atoms. The maximum absolute atomic E-state index is 12.2. The summed E-state index contributed by atoms with van der Waals surface area (Å²) >= 11 is 5.82. The van der Waals surface area contributed by atoms with Crippen LogP contribution in [0.3, 0.4) is 0 Å². The zero-order chi connectivity index (χ0) is 18.8. The molecule has 10 heteroatoms. The third-order valence-electron chi connectivity index (χ3n) is 3.59. The molecular formula is C16H13ClN4O5. The van der Waals surface area contributed by atoms with E-state index in [0.29, 0.717) is 22.6 Å². The predicted molar refractivity (Wildman–Crippen MR) is 93.2 cm³/mol. The second-order valence-electron chi connectivity index (χ2n) is 5.19. The van der Waals surface area contributed by atoms with Gasteiger partial charge in [0.05, 0.1) is 24.0 Å². The summed E-state index contributed by atoms with van der Waals surface area (Å²) < 4.78 is 11.6. The lowest BCUT2D eigenvalue weighted by Gasteiger charge is -2.15. The molecule has 0 aliphatic heterocycles. The number of nitrogens with zero attached hydrogens (tertiary/aromatic N) is 3. The molecule has 0 radical (unpaired) electrons. The van der Waals surface area contributed by atoms with Gasteiger partial charge in [0.2, 0.25) is 0 Å². The molecule has 0 amide bonds. The summed E-state index contributed by atoms with van der Waals surface area (Å²) in [5, 5.41) is 19.3. The summed E-state index contributed by atoms with van der Waals surface area (Å²) in [4.78, 5) is 23.5. The van der Waals surface area contributed by atoms with Gasteiger partial charge in [0.15, 0.2) is 10.8 Å². The van der Waals surface area contributed by atoms with E-state index in [4.69, 9.17) is 20.9 Å². The monoisotopic (exact) mass is 376 g/mol. The van der Waals surface area contributed by atoms with Crippen molar-refractivity contribution in [2.75, 3.05) is 12.4 Å². The highest BCUT2D eigenvalue weighted by atomic mass is 35.5. The number of para-hydroxylation sites is 1. The van der Waals surface area contributed by atoms with Crippen LogP contribution >= 0.6 is 11.6 Å². The van der Waals surface area contributed by atoms with Crippen molar-refractivity contribution in [3.8, 4) is 16.9 Å². The molecule has 2 heterocycles. The lowest BCUT2D eigenvalue weighted by molar-refractivity contribution is 0.0690. The first-order chi connectivity index (χ1) is 12.4. The molecule has 2 N–H and O–H groups in total. The lowest BCUT2D eigenvalue weighted by Crippen LogP contribution is -2.12. The van der Waals surface area contributed by atoms with E-state index in [-0.39, 0.29) is 22.1 Å². The number of carbonyl (C=O) groups is 1. The predicted octanol–water partition coefficient (Wildman–Crippen LogP) is 2.54. The molecule has 1 aromatic carbocycles. The van der Waals surface area contributed by atoms with Crippen molar-refractivity contribution in [1.29, 1.82) is 0 Å². The van der Waals surface area contributed by atoms with Crippen molar-refractivity contribution in [3.05, 3.63) is 51.7 Å². The first-order valence-electron chi connectivity index (χ1n) is 7.28. The average Bonchev–Trinajstić information content (AvgIpc) is 2.93. The Morgan fingerprint density at radius 3 is 2.69 bits per heavy atom. The summed E-state index contributed by atoms with van der Waals surface area (Å²) in [5.74, 6) is -0.939. The van der Waals surface area contributed by atoms with Gasteiger partial charge in [-0.3, -0.25) is 4.79 Å². The van der Waals surface area contributed by atoms with Gasteiger partial charge in [0, 0.05) is 18.7 Å². The van der Waals surface area contributed by atoms with E-state index in [0.717, 1.165) is 4.74 Å². The van der Waals surface area contributed by atoms with Crippen LogP contribution < -0.4 is 15.6 Å². The van der Waals surface area contributed by atoms with Crippen molar-refractivity contribution in [2.45, 2.75) is 0 Å². The zero-order valence-corrected chi connectivity index (χ0v) is 14.4. The van der Waals surface area contributed by atoms with Crippen LogP contribution in [0.1, 0.15) is 10.5 Å². The van der Waals surface area contributed by atoms with E-state index in [2.05, 4.69) is 15.5 Å². The number of halogens is 1. The Kier molecular flexibility index (Phi) is 4.63. The molecule has 3 rings (SSSR count). The number of hydrogen-bond donors (Lipinski definition) is 2. The maximum Gasteiger partial charge on any atom is 0.358 e. The number of rotatable bonds is 5. The molecule has 0 aliphatic rings. The van der Waals surface area contributed by atoms with E-state index >= 15 is 0 Å². The van der Waals surface area contributed by atoms with Crippen molar-refractivity contribution in [2.24, 2.45) is 7.05 Å². The Morgan fingerprint density at radius 1 is 1.31 bits per heavy atom. The van der Waals surface area contributed by atoms with Crippen LogP contribution in [0.5, 0.6) is 5.75 Å². The number of carboxylic acid groups (broad SMARTS) is 1. The minimum atomic E-state index is -1.27. The topological polar surface area (TPSA) is 119 Å². The van der Waals surface area contributed by atoms with E-state index in [9.17, 15) is 14.7 Å². The molecule has 134 valence electrons. The number of anilines is 2. The molecule has 0 spiro atoms. The highest BCUT2D eigenvalue weighted by molar-refractivity contribution is 6.29. The Labute approximate surface area is 151 Å². The minimum absolute atomic E-state index is 0.0244. The van der Waals surface area contributed by atoms with Crippen molar-refractivity contribution < 1.29 is 19.2 Å². The Hall–Kier alpha value is -3.33. The standard InChI is InChI=1S/C16H13ClN4O5/c1-21-15(22)9(7-26-21)8-4-3-5-10(14(8)25-2)18-11-6-12(17)19-20-13(11)16(23)24/h3-7H,1-2H3,(H,18,19)(H,23,24). The molecule has 0 saturated carbocycles. The number of hydrogen-bond acceptors (Lipinski definition) is 7. The second kappa shape index (κ2) is 6.89. The van der Waals surface area contributed by atoms with Gasteiger partial charge in [-0.1, -0.05) is 23.7 Å². The molecule has 3 aromatic rings. The van der Waals surface area contributed by atoms with Crippen LogP contribution in [0.25, 0.3) is 11.1 Å². The van der Waals surface area contributed by atoms with E-state index in [1.165, 1.54) is 26.5 Å². The third-order valence-corrected chi connectivity index (χ3v) is 3.78. The number of nitrogens with one attached hydrogen (secondary N) is 1. The molecule has 0 saturated heterocycles. The largest absolute Gasteiger partial charge is 0.494 e. The van der Waals surface area contributed by atoms with Crippen LogP contribution in [0.15, 0.2) is 39.8 Å². The van der Waals surface area contributed by atoms with Crippen molar-refractivity contribution >= 4 is 28.9 Å². The van der Waals surface area contributed by atoms with Gasteiger partial charge in [-0.15, -0.1) is 10.2 Å². The van der Waals surface area contributed by atoms with Gasteiger partial charge in [0.1, 0.15) is 12.0 Å². The number of benzene rings is 1. The Bertz CT molecular complexity index is 1040. The first kappa shape index (κ1) is 17.5. The number of carboxylic acids is 1.